The van der Waals surface area contributed by atoms with Gasteiger partial charge in [-0.25, -0.2) is 9.38 Å². The molecule has 0 radical (unpaired) electrons. The fraction of sp³-hybridized carbons (Fsp3) is 0.240. The number of aliphatic hydroxyl groups is 1. The zero-order chi connectivity index (χ0) is 23.4. The molecule has 1 unspecified atom stereocenters. The summed E-state index contributed by atoms with van der Waals surface area (Å²) in [6.07, 6.45) is -1.12. The molecule has 8 heteroatoms. The van der Waals surface area contributed by atoms with Crippen molar-refractivity contribution in [1.29, 1.82) is 0 Å². The number of halogens is 1. The van der Waals surface area contributed by atoms with Crippen LogP contribution in [0.1, 0.15) is 17.4 Å². The van der Waals surface area contributed by atoms with Crippen LogP contribution in [0.2, 0.25) is 0 Å². The van der Waals surface area contributed by atoms with Crippen molar-refractivity contribution in [2.45, 2.75) is 6.23 Å². The second kappa shape index (κ2) is 9.89. The zero-order valence-corrected chi connectivity index (χ0v) is 18.5. The van der Waals surface area contributed by atoms with Gasteiger partial charge < -0.3 is 31.1 Å². The lowest BCUT2D eigenvalue weighted by atomic mass is 10.1. The van der Waals surface area contributed by atoms with E-state index in [-0.39, 0.29) is 11.7 Å². The monoisotopic (exact) mass is 449 g/mol. The van der Waals surface area contributed by atoms with Gasteiger partial charge in [0.05, 0.1) is 0 Å². The molecule has 0 aromatic heterocycles. The number of aliphatic hydroxyl groups excluding tert-OH is 1. The highest BCUT2D eigenvalue weighted by Crippen LogP contribution is 2.27. The zero-order valence-electron chi connectivity index (χ0n) is 18.5. The van der Waals surface area contributed by atoms with Crippen molar-refractivity contribution in [2.24, 2.45) is 10.7 Å². The smallest absolute Gasteiger partial charge is 0.173 e. The average Bonchev–Trinajstić information content (AvgIpc) is 2.80. The summed E-state index contributed by atoms with van der Waals surface area (Å²) in [7, 11) is 2.12. The van der Waals surface area contributed by atoms with Gasteiger partial charge in [-0.2, -0.15) is 0 Å². The second-order valence-electron chi connectivity index (χ2n) is 8.08. The highest BCUT2D eigenvalue weighted by molar-refractivity contribution is 6.02. The topological polar surface area (TPSA) is 100 Å². The van der Waals surface area contributed by atoms with Crippen molar-refractivity contribution in [3.8, 4) is 11.5 Å². The fourth-order valence-electron chi connectivity index (χ4n) is 3.70. The molecule has 0 spiro atoms. The quantitative estimate of drug-likeness (QED) is 0.303. The van der Waals surface area contributed by atoms with E-state index in [1.54, 1.807) is 30.3 Å². The van der Waals surface area contributed by atoms with Gasteiger partial charge in [-0.3, -0.25) is 0 Å². The van der Waals surface area contributed by atoms with E-state index in [0.717, 1.165) is 31.9 Å². The lowest BCUT2D eigenvalue weighted by molar-refractivity contribution is 0.188. The van der Waals surface area contributed by atoms with Crippen molar-refractivity contribution in [1.82, 2.24) is 4.90 Å². The number of piperazine rings is 1. The van der Waals surface area contributed by atoms with Crippen LogP contribution in [0.15, 0.2) is 71.7 Å². The van der Waals surface area contributed by atoms with E-state index < -0.39 is 6.23 Å². The van der Waals surface area contributed by atoms with E-state index in [1.165, 1.54) is 12.1 Å². The molecule has 172 valence electrons. The van der Waals surface area contributed by atoms with Crippen LogP contribution < -0.4 is 21.1 Å². The predicted molar refractivity (Wildman–Crippen MR) is 129 cm³/mol. The number of rotatable bonds is 6. The molecule has 1 saturated heterocycles. The first-order valence-electron chi connectivity index (χ1n) is 10.8. The molecule has 5 N–H and O–H groups in total. The maximum absolute atomic E-state index is 13.3. The number of likely N-dealkylation sites (N-methyl/N-ethyl adjacent to an activating group) is 1. The van der Waals surface area contributed by atoms with Gasteiger partial charge >= 0.3 is 0 Å². The number of anilines is 2. The van der Waals surface area contributed by atoms with Gasteiger partial charge in [-0.15, -0.1) is 0 Å². The van der Waals surface area contributed by atoms with Gasteiger partial charge in [0.15, 0.2) is 6.23 Å². The third-order valence-electron chi connectivity index (χ3n) is 5.65. The SMILES string of the molecule is CN1CCN(c2ccc(C(O)N=C(N)c3ccc(Oc4cccc(F)c4)cc3N)cc2)CC1. The number of benzene rings is 3. The molecule has 0 aliphatic carbocycles. The molecule has 3 aromatic carbocycles. The number of nitrogens with two attached hydrogens (primary N) is 2. The van der Waals surface area contributed by atoms with Crippen molar-refractivity contribution in [2.75, 3.05) is 43.9 Å². The van der Waals surface area contributed by atoms with Gasteiger partial charge in [0.25, 0.3) is 0 Å². The van der Waals surface area contributed by atoms with Crippen LogP contribution in [0.4, 0.5) is 15.8 Å². The van der Waals surface area contributed by atoms with Crippen LogP contribution in [0, 0.1) is 5.82 Å². The highest BCUT2D eigenvalue weighted by atomic mass is 19.1. The van der Waals surface area contributed by atoms with Gasteiger partial charge in [0.1, 0.15) is 23.2 Å². The summed E-state index contributed by atoms with van der Waals surface area (Å²) < 4.78 is 19.0. The van der Waals surface area contributed by atoms with E-state index in [2.05, 4.69) is 21.8 Å². The van der Waals surface area contributed by atoms with Crippen molar-refractivity contribution in [3.63, 3.8) is 0 Å². The molecule has 0 bridgehead atoms. The Labute approximate surface area is 192 Å². The standard InChI is InChI=1S/C25H28FN5O2/c1-30-11-13-31(14-12-30)19-7-5-17(6-8-19)25(32)29-24(28)22-10-9-21(16-23(22)27)33-20-4-2-3-18(26)15-20/h2-10,15-16,25,32H,11-14,27H2,1H3,(H2,28,29). The molecule has 1 atom stereocenters. The van der Waals surface area contributed by atoms with Crippen LogP contribution >= 0.6 is 0 Å². The van der Waals surface area contributed by atoms with Gasteiger partial charge in [0.2, 0.25) is 0 Å². The molecule has 3 aromatic rings. The first kappa shape index (κ1) is 22.6. The van der Waals surface area contributed by atoms with Crippen molar-refractivity contribution in [3.05, 3.63) is 83.7 Å². The number of ether oxygens (including phenoxy) is 1. The average molecular weight is 450 g/mol. The Balaban J connectivity index is 1.44. The summed E-state index contributed by atoms with van der Waals surface area (Å²) in [6.45, 7) is 4.00. The molecule has 0 amide bonds. The maximum Gasteiger partial charge on any atom is 0.173 e. The molecule has 4 rings (SSSR count). The van der Waals surface area contributed by atoms with Gasteiger partial charge in [0, 0.05) is 60.8 Å². The van der Waals surface area contributed by atoms with E-state index in [1.807, 2.05) is 24.3 Å². The second-order valence-corrected chi connectivity index (χ2v) is 8.08. The van der Waals surface area contributed by atoms with Crippen molar-refractivity contribution >= 4 is 17.2 Å². The van der Waals surface area contributed by atoms with Gasteiger partial charge in [-0.05, 0) is 43.4 Å². The third-order valence-corrected chi connectivity index (χ3v) is 5.65. The van der Waals surface area contributed by atoms with E-state index in [0.29, 0.717) is 28.3 Å². The Morgan fingerprint density at radius 3 is 2.36 bits per heavy atom. The molecule has 1 heterocycles. The summed E-state index contributed by atoms with van der Waals surface area (Å²) in [4.78, 5) is 8.84. The van der Waals surface area contributed by atoms with Crippen molar-refractivity contribution < 1.29 is 14.2 Å². The molecule has 1 aliphatic rings. The number of nitrogen functional groups attached to an aromatic ring is 1. The number of amidine groups is 1. The van der Waals surface area contributed by atoms with Crippen LogP contribution in [0.5, 0.6) is 11.5 Å². The Bertz CT molecular complexity index is 1130. The minimum atomic E-state index is -1.12. The highest BCUT2D eigenvalue weighted by Gasteiger charge is 2.15. The molecule has 33 heavy (non-hydrogen) atoms. The largest absolute Gasteiger partial charge is 0.457 e. The van der Waals surface area contributed by atoms with Crippen LogP contribution in [0.3, 0.4) is 0 Å². The Morgan fingerprint density at radius 1 is 1.00 bits per heavy atom. The lowest BCUT2D eigenvalue weighted by Crippen LogP contribution is -2.44. The summed E-state index contributed by atoms with van der Waals surface area (Å²) >= 11 is 0. The predicted octanol–water partition coefficient (Wildman–Crippen LogP) is 3.35. The van der Waals surface area contributed by atoms with Crippen LogP contribution in [-0.4, -0.2) is 49.1 Å². The summed E-state index contributed by atoms with van der Waals surface area (Å²) in [5.74, 6) is 0.522. The normalized spacial score (nSPS) is 16.0. The molecular weight excluding hydrogens is 421 g/mol. The maximum atomic E-state index is 13.3. The number of nitrogens with zero attached hydrogens (tertiary/aromatic N) is 3. The lowest BCUT2D eigenvalue weighted by Gasteiger charge is -2.34. The molecule has 1 aliphatic heterocycles. The Hall–Kier alpha value is -3.62. The molecule has 7 nitrogen and oxygen atoms in total. The van der Waals surface area contributed by atoms with E-state index >= 15 is 0 Å². The Kier molecular flexibility index (Phi) is 6.76. The first-order chi connectivity index (χ1) is 15.9. The summed E-state index contributed by atoms with van der Waals surface area (Å²) in [5.41, 5.74) is 14.8. The number of hydrogen-bond donors (Lipinski definition) is 3. The third kappa shape index (κ3) is 5.60. The summed E-state index contributed by atoms with van der Waals surface area (Å²) in [5, 5.41) is 10.6. The fourth-order valence-corrected chi connectivity index (χ4v) is 3.70. The molecule has 0 saturated carbocycles. The minimum absolute atomic E-state index is 0.112. The van der Waals surface area contributed by atoms with Crippen LogP contribution in [-0.2, 0) is 0 Å². The number of hydrogen-bond acceptors (Lipinski definition) is 6. The van der Waals surface area contributed by atoms with Gasteiger partial charge in [-0.1, -0.05) is 18.2 Å². The number of aliphatic imine (C=N–C) groups is 1. The first-order valence-corrected chi connectivity index (χ1v) is 10.8. The van der Waals surface area contributed by atoms with E-state index in [4.69, 9.17) is 16.2 Å². The van der Waals surface area contributed by atoms with E-state index in [9.17, 15) is 9.50 Å². The molecular formula is C25H28FN5O2. The minimum Gasteiger partial charge on any atom is -0.457 e. The summed E-state index contributed by atoms with van der Waals surface area (Å²) in [6, 6.07) is 18.4. The Morgan fingerprint density at radius 2 is 1.70 bits per heavy atom. The molecule has 1 fully saturated rings. The van der Waals surface area contributed by atoms with Crippen LogP contribution in [0.25, 0.3) is 0 Å².